The molecule has 1 aliphatic carbocycles. The van der Waals surface area contributed by atoms with Crippen LogP contribution in [0, 0.1) is 5.82 Å². The van der Waals surface area contributed by atoms with Crippen molar-refractivity contribution in [1.82, 2.24) is 9.78 Å². The topological polar surface area (TPSA) is 43.8 Å². The van der Waals surface area contributed by atoms with Gasteiger partial charge in [0.15, 0.2) is 0 Å². The van der Waals surface area contributed by atoms with E-state index < -0.39 is 0 Å². The maximum Gasteiger partial charge on any atom is 0.149 e. The Morgan fingerprint density at radius 3 is 2.59 bits per heavy atom. The van der Waals surface area contributed by atoms with Gasteiger partial charge in [0.25, 0.3) is 0 Å². The van der Waals surface area contributed by atoms with Crippen LogP contribution in [0.5, 0.6) is 0 Å². The van der Waals surface area contributed by atoms with E-state index in [2.05, 4.69) is 5.10 Å². The predicted octanol–water partition coefficient (Wildman–Crippen LogP) is 2.50. The van der Waals surface area contributed by atoms with Gasteiger partial charge in [-0.15, -0.1) is 12.4 Å². The van der Waals surface area contributed by atoms with E-state index in [1.807, 2.05) is 4.68 Å². The summed E-state index contributed by atoms with van der Waals surface area (Å²) in [7, 11) is 0. The first-order valence-electron chi connectivity index (χ1n) is 5.38. The van der Waals surface area contributed by atoms with E-state index in [1.165, 1.54) is 17.8 Å². The van der Waals surface area contributed by atoms with Crippen molar-refractivity contribution in [2.45, 2.75) is 19.3 Å². The molecule has 1 aliphatic rings. The van der Waals surface area contributed by atoms with Gasteiger partial charge in [-0.25, -0.2) is 9.07 Å². The van der Waals surface area contributed by atoms with Crippen molar-refractivity contribution in [2.24, 2.45) is 0 Å². The van der Waals surface area contributed by atoms with Crippen molar-refractivity contribution >= 4 is 18.2 Å². The lowest BCUT2D eigenvalue weighted by Crippen LogP contribution is -2.01. The molecular weight excluding hydrogens is 241 g/mol. The molecule has 0 aliphatic heterocycles. The molecule has 0 saturated carbocycles. The number of hydrogen-bond donors (Lipinski definition) is 1. The number of rotatable bonds is 1. The van der Waals surface area contributed by atoms with Gasteiger partial charge in [-0.2, -0.15) is 5.10 Å². The minimum Gasteiger partial charge on any atom is -0.382 e. The normalized spacial score (nSPS) is 13.2. The smallest absolute Gasteiger partial charge is 0.149 e. The summed E-state index contributed by atoms with van der Waals surface area (Å²) in [6, 6.07) is 6.32. The monoisotopic (exact) mass is 253 g/mol. The van der Waals surface area contributed by atoms with Crippen LogP contribution in [0.15, 0.2) is 24.3 Å². The summed E-state index contributed by atoms with van der Waals surface area (Å²) in [4.78, 5) is 0. The highest BCUT2D eigenvalue weighted by Crippen LogP contribution is 2.28. The summed E-state index contributed by atoms with van der Waals surface area (Å²) in [5, 5.41) is 4.30. The second-order valence-corrected chi connectivity index (χ2v) is 4.05. The SMILES string of the molecule is Cl.Nc1nn(-c2ccc(F)cc2)c2c1CCC2. The van der Waals surface area contributed by atoms with Crippen molar-refractivity contribution in [3.63, 3.8) is 0 Å². The van der Waals surface area contributed by atoms with Crippen molar-refractivity contribution in [3.8, 4) is 5.69 Å². The molecule has 3 rings (SSSR count). The molecule has 0 bridgehead atoms. The van der Waals surface area contributed by atoms with Gasteiger partial charge in [-0.05, 0) is 43.5 Å². The number of aromatic nitrogens is 2. The van der Waals surface area contributed by atoms with E-state index in [-0.39, 0.29) is 18.2 Å². The molecule has 17 heavy (non-hydrogen) atoms. The largest absolute Gasteiger partial charge is 0.382 e. The summed E-state index contributed by atoms with van der Waals surface area (Å²) in [6.07, 6.45) is 3.12. The van der Waals surface area contributed by atoms with Crippen LogP contribution in [0.4, 0.5) is 10.2 Å². The van der Waals surface area contributed by atoms with Crippen LogP contribution in [-0.4, -0.2) is 9.78 Å². The molecule has 0 fully saturated rings. The van der Waals surface area contributed by atoms with E-state index >= 15 is 0 Å². The minimum absolute atomic E-state index is 0. The van der Waals surface area contributed by atoms with Gasteiger partial charge in [-0.1, -0.05) is 0 Å². The summed E-state index contributed by atoms with van der Waals surface area (Å²) < 4.78 is 14.7. The molecule has 3 nitrogen and oxygen atoms in total. The van der Waals surface area contributed by atoms with Crippen LogP contribution >= 0.6 is 12.4 Å². The van der Waals surface area contributed by atoms with Gasteiger partial charge in [-0.3, -0.25) is 0 Å². The quantitative estimate of drug-likeness (QED) is 0.849. The van der Waals surface area contributed by atoms with E-state index in [0.717, 1.165) is 30.5 Å². The zero-order valence-electron chi connectivity index (χ0n) is 9.19. The van der Waals surface area contributed by atoms with Crippen LogP contribution in [0.25, 0.3) is 5.69 Å². The second kappa shape index (κ2) is 4.37. The first-order valence-corrected chi connectivity index (χ1v) is 5.38. The standard InChI is InChI=1S/C12H12FN3.ClH/c13-8-4-6-9(7-5-8)16-11-3-1-2-10(11)12(14)15-16;/h4-7H,1-3H2,(H2,14,15);1H. The van der Waals surface area contributed by atoms with Crippen LogP contribution < -0.4 is 5.73 Å². The summed E-state index contributed by atoms with van der Waals surface area (Å²) in [5.41, 5.74) is 9.05. The Balaban J connectivity index is 0.00000108. The van der Waals surface area contributed by atoms with E-state index in [1.54, 1.807) is 12.1 Å². The van der Waals surface area contributed by atoms with Gasteiger partial charge < -0.3 is 5.73 Å². The van der Waals surface area contributed by atoms with E-state index in [9.17, 15) is 4.39 Å². The van der Waals surface area contributed by atoms with Gasteiger partial charge in [0.2, 0.25) is 0 Å². The lowest BCUT2D eigenvalue weighted by Gasteiger charge is -2.04. The molecule has 0 radical (unpaired) electrons. The maximum absolute atomic E-state index is 12.8. The lowest BCUT2D eigenvalue weighted by molar-refractivity contribution is 0.626. The highest BCUT2D eigenvalue weighted by atomic mass is 35.5. The summed E-state index contributed by atoms with van der Waals surface area (Å²) in [5.74, 6) is 0.373. The van der Waals surface area contributed by atoms with E-state index in [4.69, 9.17) is 5.73 Å². The Labute approximate surface area is 105 Å². The number of fused-ring (bicyclic) bond motifs is 1. The molecule has 0 saturated heterocycles. The van der Waals surface area contributed by atoms with Crippen molar-refractivity contribution in [1.29, 1.82) is 0 Å². The molecule has 1 aromatic carbocycles. The van der Waals surface area contributed by atoms with Gasteiger partial charge in [0, 0.05) is 11.3 Å². The van der Waals surface area contributed by atoms with Crippen molar-refractivity contribution in [2.75, 3.05) is 5.73 Å². The van der Waals surface area contributed by atoms with Crippen LogP contribution in [0.1, 0.15) is 17.7 Å². The Hall–Kier alpha value is -1.55. The number of nitrogens with zero attached hydrogens (tertiary/aromatic N) is 2. The Bertz CT molecular complexity index is 533. The molecule has 1 aromatic heterocycles. The van der Waals surface area contributed by atoms with E-state index in [0.29, 0.717) is 5.82 Å². The molecule has 0 amide bonds. The molecule has 5 heteroatoms. The number of nitrogen functional groups attached to an aromatic ring is 1. The molecule has 2 N–H and O–H groups in total. The third kappa shape index (κ3) is 1.89. The Kier molecular flexibility index (Phi) is 3.07. The summed E-state index contributed by atoms with van der Waals surface area (Å²) >= 11 is 0. The molecule has 0 atom stereocenters. The van der Waals surface area contributed by atoms with Crippen LogP contribution in [0.2, 0.25) is 0 Å². The molecule has 1 heterocycles. The molecule has 0 unspecified atom stereocenters. The highest BCUT2D eigenvalue weighted by Gasteiger charge is 2.21. The number of benzene rings is 1. The van der Waals surface area contributed by atoms with Gasteiger partial charge in [0.1, 0.15) is 11.6 Å². The number of nitrogens with two attached hydrogens (primary N) is 1. The number of anilines is 1. The zero-order valence-corrected chi connectivity index (χ0v) is 10.0. The van der Waals surface area contributed by atoms with Crippen molar-refractivity contribution in [3.05, 3.63) is 41.3 Å². The highest BCUT2D eigenvalue weighted by molar-refractivity contribution is 5.85. The van der Waals surface area contributed by atoms with Gasteiger partial charge in [0.05, 0.1) is 5.69 Å². The third-order valence-corrected chi connectivity index (χ3v) is 3.03. The predicted molar refractivity (Wildman–Crippen MR) is 67.2 cm³/mol. The first kappa shape index (κ1) is 11.9. The molecule has 2 aromatic rings. The second-order valence-electron chi connectivity index (χ2n) is 4.05. The fourth-order valence-corrected chi connectivity index (χ4v) is 2.26. The minimum atomic E-state index is -0.236. The fraction of sp³-hybridized carbons (Fsp3) is 0.250. The molecular formula is C12H13ClFN3. The summed E-state index contributed by atoms with van der Waals surface area (Å²) in [6.45, 7) is 0. The van der Waals surface area contributed by atoms with Crippen LogP contribution in [-0.2, 0) is 12.8 Å². The number of halogens is 2. The zero-order chi connectivity index (χ0) is 11.1. The Morgan fingerprint density at radius 1 is 1.18 bits per heavy atom. The average Bonchev–Trinajstić information content (AvgIpc) is 2.84. The average molecular weight is 254 g/mol. The van der Waals surface area contributed by atoms with Crippen LogP contribution in [0.3, 0.4) is 0 Å². The maximum atomic E-state index is 12.8. The molecule has 0 spiro atoms. The van der Waals surface area contributed by atoms with Crippen molar-refractivity contribution < 1.29 is 4.39 Å². The first-order chi connectivity index (χ1) is 7.75. The molecule has 90 valence electrons. The number of hydrogen-bond acceptors (Lipinski definition) is 2. The fourth-order valence-electron chi connectivity index (χ4n) is 2.26. The Morgan fingerprint density at radius 2 is 1.88 bits per heavy atom. The van der Waals surface area contributed by atoms with Gasteiger partial charge >= 0.3 is 0 Å². The third-order valence-electron chi connectivity index (χ3n) is 3.03. The lowest BCUT2D eigenvalue weighted by atomic mass is 10.2.